The monoisotopic (exact) mass is 799 g/mol. The molecule has 0 aliphatic carbocycles. The molecule has 11 rings (SSSR count). The number of rotatable bonds is 5. The van der Waals surface area contributed by atoms with Crippen LogP contribution in [0.25, 0.3) is 22.3 Å². The Labute approximate surface area is 346 Å². The van der Waals surface area contributed by atoms with Gasteiger partial charge in [-0.05, 0) is 92.5 Å². The summed E-state index contributed by atoms with van der Waals surface area (Å²) in [6.45, 7) is 9.67. The van der Waals surface area contributed by atoms with E-state index in [0.29, 0.717) is 23.0 Å². The van der Waals surface area contributed by atoms with Gasteiger partial charge in [0.05, 0.1) is 5.69 Å². The Morgan fingerprint density at radius 1 is 0.322 bits per heavy atom. The standard InChI is InChI=1S/C52H41NO4Si2/c1-58(2)46-22-9-7-19-43(46)56-51-39(15-12-24-48(51)58)35-28-32-37(33-29-35)53(40-16-13-25-49-52(40)57-44-20-8-10-23-47(44)59(49,3)4)36-30-26-34(27-31-36)38-14-11-21-45-50(38)55-42-18-6-5-17-41(42)54-45/h5-33H,1-4H3. The second kappa shape index (κ2) is 13.4. The molecule has 0 aromatic heterocycles. The largest absolute Gasteiger partial charge is 0.457 e. The molecule has 3 aliphatic heterocycles. The molecule has 0 amide bonds. The fourth-order valence-electron chi connectivity index (χ4n) is 9.10. The van der Waals surface area contributed by atoms with E-state index in [1.165, 1.54) is 20.7 Å². The Hall–Kier alpha value is -6.81. The quantitative estimate of drug-likeness (QED) is 0.162. The molecule has 0 radical (unpaired) electrons. The molecule has 8 aromatic rings. The molecule has 286 valence electrons. The van der Waals surface area contributed by atoms with Crippen molar-refractivity contribution < 1.29 is 18.9 Å². The van der Waals surface area contributed by atoms with E-state index in [2.05, 4.69) is 171 Å². The topological polar surface area (TPSA) is 40.2 Å². The molecule has 5 nitrogen and oxygen atoms in total. The van der Waals surface area contributed by atoms with Crippen molar-refractivity contribution in [2.24, 2.45) is 0 Å². The van der Waals surface area contributed by atoms with Crippen molar-refractivity contribution in [3.8, 4) is 68.2 Å². The van der Waals surface area contributed by atoms with Crippen LogP contribution in [0.4, 0.5) is 17.1 Å². The van der Waals surface area contributed by atoms with Gasteiger partial charge < -0.3 is 23.8 Å². The Morgan fingerprint density at radius 2 is 0.729 bits per heavy atom. The number of hydrogen-bond acceptors (Lipinski definition) is 5. The van der Waals surface area contributed by atoms with Gasteiger partial charge in [0.15, 0.2) is 28.7 Å². The Kier molecular flexibility index (Phi) is 8.02. The highest BCUT2D eigenvalue weighted by atomic mass is 28.3. The highest BCUT2D eigenvalue weighted by Crippen LogP contribution is 2.50. The Bertz CT molecular complexity index is 2960. The zero-order valence-corrected chi connectivity index (χ0v) is 35.3. The summed E-state index contributed by atoms with van der Waals surface area (Å²) in [5.74, 6) is 6.63. The highest BCUT2D eigenvalue weighted by molar-refractivity contribution is 7.02. The first-order valence-corrected chi connectivity index (χ1v) is 26.2. The number of ether oxygens (including phenoxy) is 4. The predicted molar refractivity (Wildman–Crippen MR) is 245 cm³/mol. The van der Waals surface area contributed by atoms with Crippen molar-refractivity contribution in [3.63, 3.8) is 0 Å². The Balaban J connectivity index is 1.02. The summed E-state index contributed by atoms with van der Waals surface area (Å²) < 4.78 is 26.3. The average molecular weight is 800 g/mol. The van der Waals surface area contributed by atoms with Gasteiger partial charge in [-0.15, -0.1) is 0 Å². The third kappa shape index (κ3) is 5.64. The zero-order chi connectivity index (χ0) is 39.9. The molecule has 0 atom stereocenters. The molecule has 0 spiro atoms. The number of anilines is 3. The SMILES string of the molecule is C[Si]1(C)c2ccccc2Oc2c(-c3ccc(N(c4ccc(-c5cccc6c5Oc5ccccc5O6)cc4)c4cccc5c4Oc4ccccc4[Si]5(C)C)cc3)cccc21. The second-order valence-corrected chi connectivity index (χ2v) is 25.2. The van der Waals surface area contributed by atoms with Crippen molar-refractivity contribution in [2.45, 2.75) is 26.2 Å². The van der Waals surface area contributed by atoms with Crippen LogP contribution < -0.4 is 44.6 Å². The molecule has 3 aliphatic rings. The Morgan fingerprint density at radius 3 is 1.32 bits per heavy atom. The first-order chi connectivity index (χ1) is 28.8. The maximum absolute atomic E-state index is 6.91. The smallest absolute Gasteiger partial charge is 0.177 e. The molecule has 7 heteroatoms. The lowest BCUT2D eigenvalue weighted by molar-refractivity contribution is 0.361. The summed E-state index contributed by atoms with van der Waals surface area (Å²) in [7, 11) is -4.07. The maximum atomic E-state index is 6.91. The van der Waals surface area contributed by atoms with Gasteiger partial charge in [0, 0.05) is 22.5 Å². The van der Waals surface area contributed by atoms with E-state index >= 15 is 0 Å². The summed E-state index contributed by atoms with van der Waals surface area (Å²) in [4.78, 5) is 2.32. The van der Waals surface area contributed by atoms with Crippen molar-refractivity contribution >= 4 is 54.0 Å². The van der Waals surface area contributed by atoms with Crippen molar-refractivity contribution in [1.82, 2.24) is 0 Å². The van der Waals surface area contributed by atoms with Crippen LogP contribution in [0.15, 0.2) is 176 Å². The van der Waals surface area contributed by atoms with E-state index < -0.39 is 16.1 Å². The van der Waals surface area contributed by atoms with Gasteiger partial charge in [-0.3, -0.25) is 0 Å². The molecule has 0 bridgehead atoms. The number of fused-ring (bicyclic) bond motifs is 6. The minimum atomic E-state index is -2.10. The first-order valence-electron chi connectivity index (χ1n) is 20.2. The summed E-state index contributed by atoms with van der Waals surface area (Å²) in [5, 5.41) is 5.25. The molecule has 0 saturated carbocycles. The molecule has 0 saturated heterocycles. The van der Waals surface area contributed by atoms with E-state index in [-0.39, 0.29) is 0 Å². The fourth-order valence-corrected chi connectivity index (χ4v) is 14.7. The zero-order valence-electron chi connectivity index (χ0n) is 33.3. The van der Waals surface area contributed by atoms with Crippen LogP contribution in [-0.4, -0.2) is 16.1 Å². The second-order valence-electron chi connectivity index (χ2n) is 16.5. The van der Waals surface area contributed by atoms with E-state index in [4.69, 9.17) is 18.9 Å². The lowest BCUT2D eigenvalue weighted by Gasteiger charge is -2.36. The van der Waals surface area contributed by atoms with Crippen LogP contribution in [0.3, 0.4) is 0 Å². The number of benzene rings is 8. The van der Waals surface area contributed by atoms with Gasteiger partial charge >= 0.3 is 0 Å². The molecule has 0 unspecified atom stereocenters. The van der Waals surface area contributed by atoms with E-state index in [0.717, 1.165) is 62.3 Å². The minimum Gasteiger partial charge on any atom is -0.457 e. The van der Waals surface area contributed by atoms with Crippen molar-refractivity contribution in [2.75, 3.05) is 4.90 Å². The van der Waals surface area contributed by atoms with Gasteiger partial charge in [0.25, 0.3) is 0 Å². The van der Waals surface area contributed by atoms with Crippen LogP contribution in [0.2, 0.25) is 26.2 Å². The molecule has 0 fully saturated rings. The summed E-state index contributed by atoms with van der Waals surface area (Å²) in [5.41, 5.74) is 7.22. The normalized spacial score (nSPS) is 14.6. The molecular weight excluding hydrogens is 759 g/mol. The van der Waals surface area contributed by atoms with Crippen LogP contribution in [0, 0.1) is 0 Å². The van der Waals surface area contributed by atoms with Crippen LogP contribution in [-0.2, 0) is 0 Å². The van der Waals surface area contributed by atoms with Crippen molar-refractivity contribution in [1.29, 1.82) is 0 Å². The molecule has 59 heavy (non-hydrogen) atoms. The minimum absolute atomic E-state index is 0.701. The fraction of sp³-hybridized carbons (Fsp3) is 0.0769. The van der Waals surface area contributed by atoms with E-state index in [9.17, 15) is 0 Å². The third-order valence-electron chi connectivity index (χ3n) is 12.3. The molecule has 8 aromatic carbocycles. The molecule has 3 heterocycles. The predicted octanol–water partition coefficient (Wildman–Crippen LogP) is 12.2. The van der Waals surface area contributed by atoms with Crippen LogP contribution >= 0.6 is 0 Å². The maximum Gasteiger partial charge on any atom is 0.177 e. The van der Waals surface area contributed by atoms with E-state index in [1.807, 2.05) is 36.4 Å². The van der Waals surface area contributed by atoms with Crippen LogP contribution in [0.1, 0.15) is 0 Å². The first kappa shape index (κ1) is 35.4. The van der Waals surface area contributed by atoms with Gasteiger partial charge in [-0.1, -0.05) is 141 Å². The average Bonchev–Trinajstić information content (AvgIpc) is 3.26. The lowest BCUT2D eigenvalue weighted by Crippen LogP contribution is -2.56. The highest BCUT2D eigenvalue weighted by Gasteiger charge is 2.39. The van der Waals surface area contributed by atoms with Crippen LogP contribution in [0.5, 0.6) is 46.0 Å². The number of hydrogen-bond donors (Lipinski definition) is 0. The lowest BCUT2D eigenvalue weighted by atomic mass is 10.0. The summed E-state index contributed by atoms with van der Waals surface area (Å²) in [6.07, 6.45) is 0. The van der Waals surface area contributed by atoms with Gasteiger partial charge in [-0.25, -0.2) is 0 Å². The van der Waals surface area contributed by atoms with E-state index in [1.54, 1.807) is 0 Å². The van der Waals surface area contributed by atoms with Gasteiger partial charge in [0.2, 0.25) is 0 Å². The third-order valence-corrected chi connectivity index (χ3v) is 19.3. The molecule has 0 N–H and O–H groups in total. The number of para-hydroxylation sites is 7. The molecular formula is C52H41NO4Si2. The van der Waals surface area contributed by atoms with Gasteiger partial charge in [0.1, 0.15) is 33.4 Å². The number of nitrogens with zero attached hydrogens (tertiary/aromatic N) is 1. The van der Waals surface area contributed by atoms with Gasteiger partial charge in [-0.2, -0.15) is 0 Å². The van der Waals surface area contributed by atoms with Crippen molar-refractivity contribution in [3.05, 3.63) is 176 Å². The summed E-state index contributed by atoms with van der Waals surface area (Å²) >= 11 is 0. The summed E-state index contributed by atoms with van der Waals surface area (Å²) in [6, 6.07) is 61.7.